The summed E-state index contributed by atoms with van der Waals surface area (Å²) in [5.74, 6) is -0.302. The lowest BCUT2D eigenvalue weighted by atomic mass is 10.1. The summed E-state index contributed by atoms with van der Waals surface area (Å²) in [7, 11) is 1.39. The molecular weight excluding hydrogens is 272 g/mol. The van der Waals surface area contributed by atoms with Gasteiger partial charge in [-0.15, -0.1) is 11.3 Å². The number of hydrogen-bond donors (Lipinski definition) is 1. The van der Waals surface area contributed by atoms with Crippen LogP contribution in [0.4, 0.5) is 5.13 Å². The van der Waals surface area contributed by atoms with Gasteiger partial charge in [0.25, 0.3) is 0 Å². The Balaban J connectivity index is 1.86. The van der Waals surface area contributed by atoms with Gasteiger partial charge in [-0.25, -0.2) is 9.78 Å². The third kappa shape index (κ3) is 3.57. The number of nitrogens with zero attached hydrogens (tertiary/aromatic N) is 1. The molecular formula is C15H18N2O2S. The van der Waals surface area contributed by atoms with Crippen molar-refractivity contribution < 1.29 is 9.53 Å². The van der Waals surface area contributed by atoms with Crippen LogP contribution in [0, 0.1) is 13.8 Å². The van der Waals surface area contributed by atoms with E-state index in [0.29, 0.717) is 5.56 Å². The molecule has 0 saturated heterocycles. The maximum absolute atomic E-state index is 11.3. The number of nitrogens with one attached hydrogen (secondary N) is 1. The SMILES string of the molecule is COC(=O)c1ccc(CCNc2nc(C)c(C)s2)cc1. The molecule has 2 aromatic rings. The number of methoxy groups -OCH3 is 1. The lowest BCUT2D eigenvalue weighted by Gasteiger charge is -2.04. The van der Waals surface area contributed by atoms with Crippen molar-refractivity contribution in [3.8, 4) is 0 Å². The summed E-state index contributed by atoms with van der Waals surface area (Å²) in [5.41, 5.74) is 2.84. The second kappa shape index (κ2) is 6.52. The Morgan fingerprint density at radius 1 is 1.30 bits per heavy atom. The van der Waals surface area contributed by atoms with Gasteiger partial charge in [0.2, 0.25) is 0 Å². The van der Waals surface area contributed by atoms with Crippen molar-refractivity contribution in [2.45, 2.75) is 20.3 Å². The first-order valence-corrected chi connectivity index (χ1v) is 7.27. The minimum Gasteiger partial charge on any atom is -0.465 e. The highest BCUT2D eigenvalue weighted by atomic mass is 32.1. The van der Waals surface area contributed by atoms with Crippen molar-refractivity contribution in [2.24, 2.45) is 0 Å². The molecule has 0 aliphatic carbocycles. The van der Waals surface area contributed by atoms with Crippen molar-refractivity contribution in [3.05, 3.63) is 46.0 Å². The van der Waals surface area contributed by atoms with Crippen LogP contribution in [-0.2, 0) is 11.2 Å². The number of aromatic nitrogens is 1. The molecule has 5 heteroatoms. The lowest BCUT2D eigenvalue weighted by Crippen LogP contribution is -2.05. The van der Waals surface area contributed by atoms with E-state index in [2.05, 4.69) is 22.0 Å². The molecule has 0 spiro atoms. The first-order chi connectivity index (χ1) is 9.60. The molecule has 1 heterocycles. The van der Waals surface area contributed by atoms with Gasteiger partial charge in [0.1, 0.15) is 0 Å². The van der Waals surface area contributed by atoms with Crippen LogP contribution in [0.3, 0.4) is 0 Å². The Kier molecular flexibility index (Phi) is 4.74. The van der Waals surface area contributed by atoms with E-state index in [1.807, 2.05) is 19.1 Å². The highest BCUT2D eigenvalue weighted by molar-refractivity contribution is 7.15. The Morgan fingerprint density at radius 3 is 2.55 bits per heavy atom. The number of anilines is 1. The fourth-order valence-electron chi connectivity index (χ4n) is 1.79. The molecule has 0 radical (unpaired) electrons. The maximum atomic E-state index is 11.3. The van der Waals surface area contributed by atoms with Crippen LogP contribution >= 0.6 is 11.3 Å². The monoisotopic (exact) mass is 290 g/mol. The van der Waals surface area contributed by atoms with Gasteiger partial charge in [0.15, 0.2) is 5.13 Å². The van der Waals surface area contributed by atoms with Gasteiger partial charge in [0, 0.05) is 11.4 Å². The van der Waals surface area contributed by atoms with Crippen molar-refractivity contribution in [1.82, 2.24) is 4.98 Å². The van der Waals surface area contributed by atoms with Crippen LogP contribution in [0.5, 0.6) is 0 Å². The molecule has 20 heavy (non-hydrogen) atoms. The summed E-state index contributed by atoms with van der Waals surface area (Å²) in [5, 5.41) is 4.28. The van der Waals surface area contributed by atoms with Crippen molar-refractivity contribution in [1.29, 1.82) is 0 Å². The zero-order valence-corrected chi connectivity index (χ0v) is 12.7. The third-order valence-corrected chi connectivity index (χ3v) is 4.12. The summed E-state index contributed by atoms with van der Waals surface area (Å²) in [6.45, 7) is 4.91. The number of hydrogen-bond acceptors (Lipinski definition) is 5. The van der Waals surface area contributed by atoms with E-state index >= 15 is 0 Å². The first-order valence-electron chi connectivity index (χ1n) is 6.45. The van der Waals surface area contributed by atoms with E-state index in [1.54, 1.807) is 23.5 Å². The molecule has 0 aliphatic heterocycles. The average Bonchev–Trinajstić information content (AvgIpc) is 2.77. The van der Waals surface area contributed by atoms with Crippen LogP contribution in [-0.4, -0.2) is 24.6 Å². The molecule has 0 bridgehead atoms. The number of benzene rings is 1. The molecule has 2 rings (SSSR count). The topological polar surface area (TPSA) is 51.2 Å². The average molecular weight is 290 g/mol. The smallest absolute Gasteiger partial charge is 0.337 e. The quantitative estimate of drug-likeness (QED) is 0.859. The number of aryl methyl sites for hydroxylation is 2. The van der Waals surface area contributed by atoms with E-state index in [0.717, 1.165) is 23.8 Å². The molecule has 0 unspecified atom stereocenters. The third-order valence-electron chi connectivity index (χ3n) is 3.09. The standard InChI is InChI=1S/C15H18N2O2S/c1-10-11(2)20-15(17-10)16-9-8-12-4-6-13(7-5-12)14(18)19-3/h4-7H,8-9H2,1-3H3,(H,16,17). The van der Waals surface area contributed by atoms with Gasteiger partial charge < -0.3 is 10.1 Å². The molecule has 0 amide bonds. The van der Waals surface area contributed by atoms with Gasteiger partial charge in [-0.05, 0) is 38.0 Å². The normalized spacial score (nSPS) is 10.3. The minimum atomic E-state index is -0.302. The summed E-state index contributed by atoms with van der Waals surface area (Å²) in [4.78, 5) is 17.0. The van der Waals surface area contributed by atoms with Crippen LogP contribution < -0.4 is 5.32 Å². The molecule has 0 atom stereocenters. The predicted octanol–water partition coefficient (Wildman–Crippen LogP) is 3.20. The predicted molar refractivity (Wildman–Crippen MR) is 81.6 cm³/mol. The molecule has 1 aromatic heterocycles. The zero-order valence-electron chi connectivity index (χ0n) is 11.9. The van der Waals surface area contributed by atoms with E-state index < -0.39 is 0 Å². The van der Waals surface area contributed by atoms with Crippen molar-refractivity contribution in [2.75, 3.05) is 19.0 Å². The number of ether oxygens (including phenoxy) is 1. The first kappa shape index (κ1) is 14.5. The fourth-order valence-corrected chi connectivity index (χ4v) is 2.63. The number of carbonyl (C=O) groups excluding carboxylic acids is 1. The van der Waals surface area contributed by atoms with Crippen molar-refractivity contribution in [3.63, 3.8) is 0 Å². The zero-order chi connectivity index (χ0) is 14.5. The molecule has 0 saturated carbocycles. The van der Waals surface area contributed by atoms with Gasteiger partial charge in [-0.3, -0.25) is 0 Å². The summed E-state index contributed by atoms with van der Waals surface area (Å²) >= 11 is 1.68. The van der Waals surface area contributed by atoms with Gasteiger partial charge in [-0.1, -0.05) is 12.1 Å². The number of thiazole rings is 1. The number of esters is 1. The fraction of sp³-hybridized carbons (Fsp3) is 0.333. The van der Waals surface area contributed by atoms with E-state index in [4.69, 9.17) is 0 Å². The second-order valence-electron chi connectivity index (χ2n) is 4.53. The Hall–Kier alpha value is -1.88. The minimum absolute atomic E-state index is 0.302. The summed E-state index contributed by atoms with van der Waals surface area (Å²) in [6.07, 6.45) is 0.888. The highest BCUT2D eigenvalue weighted by Gasteiger charge is 2.05. The van der Waals surface area contributed by atoms with Gasteiger partial charge in [-0.2, -0.15) is 0 Å². The van der Waals surface area contributed by atoms with Gasteiger partial charge in [0.05, 0.1) is 18.4 Å². The lowest BCUT2D eigenvalue weighted by molar-refractivity contribution is 0.0600. The van der Waals surface area contributed by atoms with E-state index in [1.165, 1.54) is 17.6 Å². The Morgan fingerprint density at radius 2 is 2.00 bits per heavy atom. The molecule has 1 aromatic carbocycles. The van der Waals surface area contributed by atoms with Crippen LogP contribution in [0.25, 0.3) is 0 Å². The number of rotatable bonds is 5. The van der Waals surface area contributed by atoms with Gasteiger partial charge >= 0.3 is 5.97 Å². The highest BCUT2D eigenvalue weighted by Crippen LogP contribution is 2.20. The van der Waals surface area contributed by atoms with Crippen LogP contribution in [0.15, 0.2) is 24.3 Å². The number of carbonyl (C=O) groups is 1. The van der Waals surface area contributed by atoms with Crippen LogP contribution in [0.2, 0.25) is 0 Å². The maximum Gasteiger partial charge on any atom is 0.337 e. The molecule has 4 nitrogen and oxygen atoms in total. The molecule has 0 fully saturated rings. The molecule has 0 aliphatic rings. The van der Waals surface area contributed by atoms with E-state index in [9.17, 15) is 4.79 Å². The van der Waals surface area contributed by atoms with E-state index in [-0.39, 0.29) is 5.97 Å². The molecule has 106 valence electrons. The van der Waals surface area contributed by atoms with Crippen LogP contribution in [0.1, 0.15) is 26.5 Å². The van der Waals surface area contributed by atoms with Crippen molar-refractivity contribution >= 4 is 22.4 Å². The molecule has 1 N–H and O–H groups in total. The summed E-state index contributed by atoms with van der Waals surface area (Å²) < 4.78 is 4.67. The summed E-state index contributed by atoms with van der Waals surface area (Å²) in [6, 6.07) is 7.48. The largest absolute Gasteiger partial charge is 0.465 e. The Bertz CT molecular complexity index is 571. The Labute approximate surface area is 122 Å². The second-order valence-corrected chi connectivity index (χ2v) is 5.73.